The minimum absolute atomic E-state index is 0.0234. The molecule has 8 nitrogen and oxygen atoms in total. The predicted octanol–water partition coefficient (Wildman–Crippen LogP) is -0.630. The lowest BCUT2D eigenvalue weighted by molar-refractivity contribution is -0.0380. The molecule has 1 aliphatic rings. The van der Waals surface area contributed by atoms with E-state index in [2.05, 4.69) is 0 Å². The average Bonchev–Trinajstić information content (AvgIpc) is 2.40. The smallest absolute Gasteiger partial charge is 0.243 e. The van der Waals surface area contributed by atoms with Crippen LogP contribution in [0.15, 0.2) is 34.1 Å². The van der Waals surface area contributed by atoms with E-state index in [0.717, 1.165) is 0 Å². The maximum Gasteiger partial charge on any atom is 0.243 e. The summed E-state index contributed by atoms with van der Waals surface area (Å²) in [7, 11) is -5.92. The fourth-order valence-corrected chi connectivity index (χ4v) is 3.97. The van der Waals surface area contributed by atoms with E-state index in [1.807, 2.05) is 0 Å². The molecule has 2 rings (SSSR count). The van der Waals surface area contributed by atoms with Crippen molar-refractivity contribution < 1.29 is 26.3 Å². The number of rotatable bonds is 7. The number of sulfonamides is 2. The fourth-order valence-electron chi connectivity index (χ4n) is 1.95. The number of hydrogen-bond acceptors (Lipinski definition) is 6. The molecule has 0 spiro atoms. The van der Waals surface area contributed by atoms with Crippen LogP contribution in [0.5, 0.6) is 0 Å². The van der Waals surface area contributed by atoms with Gasteiger partial charge in [0.25, 0.3) is 0 Å². The van der Waals surface area contributed by atoms with Crippen LogP contribution in [0.25, 0.3) is 0 Å². The van der Waals surface area contributed by atoms with Crippen molar-refractivity contribution in [1.29, 1.82) is 0 Å². The van der Waals surface area contributed by atoms with Crippen molar-refractivity contribution in [3.05, 3.63) is 24.3 Å². The lowest BCUT2D eigenvalue weighted by atomic mass is 10.2. The Balaban J connectivity index is 2.00. The summed E-state index contributed by atoms with van der Waals surface area (Å²) in [5.41, 5.74) is 0. The zero-order valence-corrected chi connectivity index (χ0v) is 13.6. The number of primary sulfonamides is 1. The van der Waals surface area contributed by atoms with Crippen LogP contribution in [0.1, 0.15) is 0 Å². The summed E-state index contributed by atoms with van der Waals surface area (Å²) >= 11 is 0. The predicted molar refractivity (Wildman–Crippen MR) is 78.2 cm³/mol. The van der Waals surface area contributed by atoms with Gasteiger partial charge in [-0.15, -0.1) is 0 Å². The number of benzene rings is 1. The maximum absolute atomic E-state index is 12.3. The van der Waals surface area contributed by atoms with E-state index in [4.69, 9.17) is 14.6 Å². The van der Waals surface area contributed by atoms with Gasteiger partial charge in [0.05, 0.1) is 29.1 Å². The van der Waals surface area contributed by atoms with Crippen molar-refractivity contribution in [3.63, 3.8) is 0 Å². The Morgan fingerprint density at radius 3 is 2.14 bits per heavy atom. The molecule has 0 radical (unpaired) electrons. The van der Waals surface area contributed by atoms with Gasteiger partial charge in [-0.3, -0.25) is 0 Å². The summed E-state index contributed by atoms with van der Waals surface area (Å²) in [4.78, 5) is -0.105. The van der Waals surface area contributed by atoms with Gasteiger partial charge < -0.3 is 9.47 Å². The molecule has 2 N–H and O–H groups in total. The summed E-state index contributed by atoms with van der Waals surface area (Å²) in [5, 5.41) is 4.97. The van der Waals surface area contributed by atoms with Crippen molar-refractivity contribution in [3.8, 4) is 0 Å². The standard InChI is InChI=1S/C12H18N2O6S2/c1-19-6-7-20-10-8-14(9-10)22(17,18)12-4-2-11(3-5-12)21(13,15)16/h2-5,10H,6-9H2,1H3,(H2,13,15,16). The van der Waals surface area contributed by atoms with Gasteiger partial charge in [0.1, 0.15) is 0 Å². The normalized spacial score (nSPS) is 17.4. The summed E-state index contributed by atoms with van der Waals surface area (Å²) < 4.78 is 58.5. The first-order chi connectivity index (χ1) is 10.2. The summed E-state index contributed by atoms with van der Waals surface area (Å²) in [6, 6.07) is 4.81. The van der Waals surface area contributed by atoms with E-state index < -0.39 is 20.0 Å². The van der Waals surface area contributed by atoms with Gasteiger partial charge >= 0.3 is 0 Å². The zero-order chi connectivity index (χ0) is 16.4. The second kappa shape index (κ2) is 6.60. The molecule has 0 atom stereocenters. The largest absolute Gasteiger partial charge is 0.382 e. The average molecular weight is 350 g/mol. The minimum atomic E-state index is -3.84. The fraction of sp³-hybridized carbons (Fsp3) is 0.500. The molecule has 10 heteroatoms. The number of hydrogen-bond donors (Lipinski definition) is 1. The lowest BCUT2D eigenvalue weighted by Crippen LogP contribution is -2.54. The van der Waals surface area contributed by atoms with Gasteiger partial charge in [0.2, 0.25) is 20.0 Å². The van der Waals surface area contributed by atoms with Crippen molar-refractivity contribution in [2.75, 3.05) is 33.4 Å². The highest BCUT2D eigenvalue weighted by molar-refractivity contribution is 7.89. The number of nitrogens with two attached hydrogens (primary N) is 1. The molecule has 1 fully saturated rings. The molecule has 0 bridgehead atoms. The van der Waals surface area contributed by atoms with Crippen LogP contribution in [-0.4, -0.2) is 60.7 Å². The van der Waals surface area contributed by atoms with Crippen molar-refractivity contribution >= 4 is 20.0 Å². The Labute approximate surface area is 129 Å². The van der Waals surface area contributed by atoms with Crippen LogP contribution in [0.3, 0.4) is 0 Å². The number of ether oxygens (including phenoxy) is 2. The van der Waals surface area contributed by atoms with Gasteiger partial charge in [-0.25, -0.2) is 22.0 Å². The van der Waals surface area contributed by atoms with Crippen LogP contribution in [0, 0.1) is 0 Å². The Morgan fingerprint density at radius 1 is 1.09 bits per heavy atom. The Kier molecular flexibility index (Phi) is 5.20. The Hall–Kier alpha value is -1.04. The Bertz CT molecular complexity index is 708. The Morgan fingerprint density at radius 2 is 1.64 bits per heavy atom. The van der Waals surface area contributed by atoms with E-state index >= 15 is 0 Å². The molecule has 0 amide bonds. The highest BCUT2D eigenvalue weighted by atomic mass is 32.2. The summed E-state index contributed by atoms with van der Waals surface area (Å²) in [6.45, 7) is 1.41. The van der Waals surface area contributed by atoms with E-state index in [0.29, 0.717) is 13.2 Å². The highest BCUT2D eigenvalue weighted by Crippen LogP contribution is 2.23. The first-order valence-corrected chi connectivity index (χ1v) is 9.47. The van der Waals surface area contributed by atoms with Gasteiger partial charge in [0.15, 0.2) is 0 Å². The maximum atomic E-state index is 12.3. The number of methoxy groups -OCH3 is 1. The number of nitrogens with zero attached hydrogens (tertiary/aromatic N) is 1. The third kappa shape index (κ3) is 3.83. The van der Waals surface area contributed by atoms with E-state index in [9.17, 15) is 16.8 Å². The van der Waals surface area contributed by atoms with Crippen molar-refractivity contribution in [2.45, 2.75) is 15.9 Å². The zero-order valence-electron chi connectivity index (χ0n) is 12.0. The molecule has 1 aromatic rings. The lowest BCUT2D eigenvalue weighted by Gasteiger charge is -2.37. The summed E-state index contributed by atoms with van der Waals surface area (Å²) in [6.07, 6.45) is -0.145. The quantitative estimate of drug-likeness (QED) is 0.655. The summed E-state index contributed by atoms with van der Waals surface area (Å²) in [5.74, 6) is 0. The van der Waals surface area contributed by atoms with Crippen molar-refractivity contribution in [2.24, 2.45) is 5.14 Å². The van der Waals surface area contributed by atoms with Crippen LogP contribution in [0.4, 0.5) is 0 Å². The molecule has 0 aromatic heterocycles. The molecular weight excluding hydrogens is 332 g/mol. The highest BCUT2D eigenvalue weighted by Gasteiger charge is 2.37. The van der Waals surface area contributed by atoms with E-state index in [1.54, 1.807) is 7.11 Å². The van der Waals surface area contributed by atoms with Gasteiger partial charge in [-0.1, -0.05) is 0 Å². The van der Waals surface area contributed by atoms with E-state index in [1.165, 1.54) is 28.6 Å². The monoisotopic (exact) mass is 350 g/mol. The van der Waals surface area contributed by atoms with Crippen LogP contribution in [0.2, 0.25) is 0 Å². The van der Waals surface area contributed by atoms with Crippen LogP contribution in [-0.2, 0) is 29.5 Å². The topological polar surface area (TPSA) is 116 Å². The van der Waals surface area contributed by atoms with Crippen LogP contribution >= 0.6 is 0 Å². The molecule has 1 heterocycles. The molecular formula is C12H18N2O6S2. The minimum Gasteiger partial charge on any atom is -0.382 e. The molecule has 1 saturated heterocycles. The van der Waals surface area contributed by atoms with Crippen molar-refractivity contribution in [1.82, 2.24) is 4.31 Å². The molecule has 1 aliphatic heterocycles. The second-order valence-corrected chi connectivity index (χ2v) is 8.32. The van der Waals surface area contributed by atoms with Crippen LogP contribution < -0.4 is 5.14 Å². The SMILES string of the molecule is COCCOC1CN(S(=O)(=O)c2ccc(S(N)(=O)=O)cc2)C1. The van der Waals surface area contributed by atoms with E-state index in [-0.39, 0.29) is 29.0 Å². The molecule has 0 unspecified atom stereocenters. The first kappa shape index (κ1) is 17.3. The van der Waals surface area contributed by atoms with Gasteiger partial charge in [-0.05, 0) is 24.3 Å². The van der Waals surface area contributed by atoms with Gasteiger partial charge in [-0.2, -0.15) is 4.31 Å². The third-order valence-corrected chi connectivity index (χ3v) is 6.02. The second-order valence-electron chi connectivity index (χ2n) is 4.82. The van der Waals surface area contributed by atoms with Gasteiger partial charge in [0, 0.05) is 20.2 Å². The third-order valence-electron chi connectivity index (χ3n) is 3.25. The molecule has 22 heavy (non-hydrogen) atoms. The molecule has 0 aliphatic carbocycles. The molecule has 0 saturated carbocycles. The molecule has 1 aromatic carbocycles. The molecule has 124 valence electrons. The first-order valence-electron chi connectivity index (χ1n) is 6.48.